The molecule has 0 saturated carbocycles. The van der Waals surface area contributed by atoms with E-state index in [1.54, 1.807) is 4.68 Å². The van der Waals surface area contributed by atoms with Gasteiger partial charge in [0.1, 0.15) is 11.9 Å². The van der Waals surface area contributed by atoms with Crippen molar-refractivity contribution in [1.29, 1.82) is 0 Å². The smallest absolute Gasteiger partial charge is 0.252 e. The van der Waals surface area contributed by atoms with Crippen molar-refractivity contribution in [3.05, 3.63) is 77.7 Å². The Balaban J connectivity index is 1.61. The summed E-state index contributed by atoms with van der Waals surface area (Å²) >= 11 is 0. The summed E-state index contributed by atoms with van der Waals surface area (Å²) in [5.74, 6) is 0.555. The van der Waals surface area contributed by atoms with Gasteiger partial charge in [0.15, 0.2) is 0 Å². The summed E-state index contributed by atoms with van der Waals surface area (Å²) in [5, 5.41) is 12.2. The number of hydrogen-bond donors (Lipinski definition) is 1. The zero-order chi connectivity index (χ0) is 27.4. The summed E-state index contributed by atoms with van der Waals surface area (Å²) < 4.78 is 9.76. The average molecular weight is 515 g/mol. The predicted octanol–water partition coefficient (Wildman–Crippen LogP) is 5.10. The van der Waals surface area contributed by atoms with Crippen LogP contribution in [0, 0.1) is 6.92 Å². The molecule has 0 bridgehead atoms. The van der Waals surface area contributed by atoms with E-state index in [0.29, 0.717) is 11.3 Å². The largest absolute Gasteiger partial charge is 0.489 e. The van der Waals surface area contributed by atoms with Gasteiger partial charge in [-0.1, -0.05) is 6.07 Å². The summed E-state index contributed by atoms with van der Waals surface area (Å²) in [4.78, 5) is 15.5. The van der Waals surface area contributed by atoms with Crippen LogP contribution in [0.25, 0.3) is 22.4 Å². The number of aromatic nitrogens is 4. The molecule has 8 heteroatoms. The number of hydrogen-bond acceptors (Lipinski definition) is 5. The van der Waals surface area contributed by atoms with E-state index < -0.39 is 0 Å². The number of ether oxygens (including phenoxy) is 1. The molecule has 0 radical (unpaired) electrons. The average Bonchev–Trinajstić information content (AvgIpc) is 3.53. The minimum atomic E-state index is -0.234. The Labute approximate surface area is 225 Å². The van der Waals surface area contributed by atoms with Crippen LogP contribution in [-0.4, -0.2) is 57.1 Å². The Morgan fingerprint density at radius 1 is 1.08 bits per heavy atom. The van der Waals surface area contributed by atoms with Gasteiger partial charge in [-0.3, -0.25) is 14.2 Å². The van der Waals surface area contributed by atoms with Gasteiger partial charge in [0.05, 0.1) is 17.9 Å². The van der Waals surface area contributed by atoms with Crippen LogP contribution in [0.2, 0.25) is 0 Å². The molecule has 0 aliphatic carbocycles. The molecule has 4 rings (SSSR count). The highest BCUT2D eigenvalue weighted by Gasteiger charge is 2.18. The molecule has 0 fully saturated rings. The minimum Gasteiger partial charge on any atom is -0.489 e. The van der Waals surface area contributed by atoms with E-state index in [2.05, 4.69) is 40.4 Å². The van der Waals surface area contributed by atoms with Crippen molar-refractivity contribution in [3.63, 3.8) is 0 Å². The van der Waals surface area contributed by atoms with E-state index in [1.165, 1.54) is 0 Å². The van der Waals surface area contributed by atoms with Gasteiger partial charge in [-0.05, 0) is 94.9 Å². The normalized spacial score (nSPS) is 12.9. The first kappa shape index (κ1) is 27.1. The minimum absolute atomic E-state index is 0.00682. The van der Waals surface area contributed by atoms with E-state index in [0.717, 1.165) is 46.6 Å². The van der Waals surface area contributed by atoms with Gasteiger partial charge < -0.3 is 15.0 Å². The quantitative estimate of drug-likeness (QED) is 0.319. The first-order valence-corrected chi connectivity index (χ1v) is 13.0. The van der Waals surface area contributed by atoms with Crippen molar-refractivity contribution < 1.29 is 9.53 Å². The topological polar surface area (TPSA) is 77.2 Å². The molecule has 1 amide bonds. The van der Waals surface area contributed by atoms with Crippen LogP contribution in [0.1, 0.15) is 48.3 Å². The lowest BCUT2D eigenvalue weighted by molar-refractivity contribution is 0.0938. The number of nitrogens with one attached hydrogen (secondary N) is 1. The first-order valence-electron chi connectivity index (χ1n) is 13.0. The highest BCUT2D eigenvalue weighted by molar-refractivity contribution is 5.96. The van der Waals surface area contributed by atoms with Crippen molar-refractivity contribution in [2.24, 2.45) is 7.05 Å². The third-order valence-corrected chi connectivity index (χ3v) is 6.51. The van der Waals surface area contributed by atoms with Gasteiger partial charge in [0.25, 0.3) is 5.91 Å². The van der Waals surface area contributed by atoms with Gasteiger partial charge in [0.2, 0.25) is 0 Å². The van der Waals surface area contributed by atoms with Crippen molar-refractivity contribution in [2.75, 3.05) is 20.6 Å². The molecule has 1 N–H and O–H groups in total. The van der Waals surface area contributed by atoms with Crippen LogP contribution in [0.3, 0.4) is 0 Å². The maximum atomic E-state index is 13.4. The maximum Gasteiger partial charge on any atom is 0.252 e. The zero-order valence-corrected chi connectivity index (χ0v) is 23.4. The van der Waals surface area contributed by atoms with Gasteiger partial charge in [0, 0.05) is 49.2 Å². The van der Waals surface area contributed by atoms with E-state index in [9.17, 15) is 4.79 Å². The summed E-state index contributed by atoms with van der Waals surface area (Å²) in [5.41, 5.74) is 6.43. The molecule has 0 unspecified atom stereocenters. The number of nitrogens with zero attached hydrogens (tertiary/aromatic N) is 5. The summed E-state index contributed by atoms with van der Waals surface area (Å²) in [6, 6.07) is 13.8. The van der Waals surface area contributed by atoms with Crippen molar-refractivity contribution in [2.45, 2.75) is 46.4 Å². The standard InChI is InChI=1S/C30H38N6O2/c1-8-36-12-11-29(33-36)25-14-23(13-24(15-25)26-17-31-35(7)19-26)22(4)32-30(37)28-16-27(10-9-20(28)2)38-21(3)18-34(5)6/h9-17,19,21-22H,8,18H2,1-7H3,(H,32,37)/t21-,22+/m0/s1. The molecule has 4 aromatic rings. The van der Waals surface area contributed by atoms with Gasteiger partial charge >= 0.3 is 0 Å². The number of likely N-dealkylation sites (N-methyl/N-ethyl adjacent to an activating group) is 1. The molecule has 0 saturated heterocycles. The number of amides is 1. The second-order valence-corrected chi connectivity index (χ2v) is 10.2. The fourth-order valence-corrected chi connectivity index (χ4v) is 4.54. The molecular formula is C30H38N6O2. The fraction of sp³-hybridized carbons (Fsp3) is 0.367. The summed E-state index contributed by atoms with van der Waals surface area (Å²) in [7, 11) is 5.93. The molecule has 2 heterocycles. The van der Waals surface area contributed by atoms with Crippen LogP contribution < -0.4 is 10.1 Å². The lowest BCUT2D eigenvalue weighted by atomic mass is 9.96. The van der Waals surface area contributed by atoms with E-state index >= 15 is 0 Å². The highest BCUT2D eigenvalue weighted by Crippen LogP contribution is 2.30. The van der Waals surface area contributed by atoms with E-state index in [1.807, 2.05) is 89.5 Å². The molecule has 2 atom stereocenters. The molecule has 0 aliphatic rings. The molecule has 2 aromatic heterocycles. The van der Waals surface area contributed by atoms with Gasteiger partial charge in [-0.2, -0.15) is 10.2 Å². The lowest BCUT2D eigenvalue weighted by Gasteiger charge is -2.20. The Morgan fingerprint density at radius 3 is 2.50 bits per heavy atom. The first-order chi connectivity index (χ1) is 18.1. The zero-order valence-electron chi connectivity index (χ0n) is 23.4. The molecule has 8 nitrogen and oxygen atoms in total. The Kier molecular flexibility index (Phi) is 8.32. The van der Waals surface area contributed by atoms with Crippen LogP contribution in [0.5, 0.6) is 5.75 Å². The third-order valence-electron chi connectivity index (χ3n) is 6.51. The SMILES string of the molecule is CCn1ccc(-c2cc(-c3cnn(C)c3)cc([C@@H](C)NC(=O)c3cc(O[C@@H](C)CN(C)C)ccc3C)c2)n1. The molecule has 0 spiro atoms. The Hall–Kier alpha value is -3.91. The van der Waals surface area contributed by atoms with Crippen molar-refractivity contribution in [3.8, 4) is 28.1 Å². The third kappa shape index (κ3) is 6.50. The molecule has 2 aromatic carbocycles. The van der Waals surface area contributed by atoms with E-state index in [-0.39, 0.29) is 18.1 Å². The second-order valence-electron chi connectivity index (χ2n) is 10.2. The molecule has 200 valence electrons. The van der Waals surface area contributed by atoms with Crippen LogP contribution in [0.4, 0.5) is 0 Å². The van der Waals surface area contributed by atoms with Crippen molar-refractivity contribution >= 4 is 5.91 Å². The summed E-state index contributed by atoms with van der Waals surface area (Å²) in [6.07, 6.45) is 5.83. The van der Waals surface area contributed by atoms with E-state index in [4.69, 9.17) is 9.84 Å². The number of benzene rings is 2. The van der Waals surface area contributed by atoms with Crippen LogP contribution in [0.15, 0.2) is 61.1 Å². The Bertz CT molecular complexity index is 1400. The van der Waals surface area contributed by atoms with Crippen molar-refractivity contribution in [1.82, 2.24) is 29.8 Å². The lowest BCUT2D eigenvalue weighted by Crippen LogP contribution is -2.29. The molecular weight excluding hydrogens is 476 g/mol. The van der Waals surface area contributed by atoms with Crippen LogP contribution >= 0.6 is 0 Å². The van der Waals surface area contributed by atoms with Crippen LogP contribution in [-0.2, 0) is 13.6 Å². The predicted molar refractivity (Wildman–Crippen MR) is 151 cm³/mol. The number of rotatable bonds is 10. The van der Waals surface area contributed by atoms with Gasteiger partial charge in [-0.25, -0.2) is 0 Å². The summed E-state index contributed by atoms with van der Waals surface area (Å²) in [6.45, 7) is 9.63. The number of carbonyl (C=O) groups excluding carboxylic acids is 1. The number of carbonyl (C=O) groups is 1. The molecule has 38 heavy (non-hydrogen) atoms. The number of aryl methyl sites for hydroxylation is 3. The highest BCUT2D eigenvalue weighted by atomic mass is 16.5. The second kappa shape index (κ2) is 11.6. The molecule has 0 aliphatic heterocycles. The fourth-order valence-electron chi connectivity index (χ4n) is 4.54. The van der Waals surface area contributed by atoms with Gasteiger partial charge in [-0.15, -0.1) is 0 Å². The Morgan fingerprint density at radius 2 is 1.84 bits per heavy atom. The maximum absolute atomic E-state index is 13.4. The monoisotopic (exact) mass is 514 g/mol.